The molecule has 3 aromatic carbocycles. The molecule has 1 atom stereocenters. The maximum atomic E-state index is 12.7. The van der Waals surface area contributed by atoms with Crippen LogP contribution in [-0.2, 0) is 14.8 Å². The molecule has 29 heavy (non-hydrogen) atoms. The molecule has 0 aliphatic carbocycles. The van der Waals surface area contributed by atoms with E-state index in [1.54, 1.807) is 12.1 Å². The average Bonchev–Trinajstić information content (AvgIpc) is 2.67. The third kappa shape index (κ3) is 4.77. The number of anilines is 1. The minimum atomic E-state index is -3.64. The minimum Gasteiger partial charge on any atom is -0.348 e. The highest BCUT2D eigenvalue weighted by molar-refractivity contribution is 7.92. The summed E-state index contributed by atoms with van der Waals surface area (Å²) in [6, 6.07) is 18.8. The van der Waals surface area contributed by atoms with Gasteiger partial charge < -0.3 is 5.32 Å². The van der Waals surface area contributed by atoms with E-state index in [4.69, 9.17) is 0 Å². The summed E-state index contributed by atoms with van der Waals surface area (Å²) in [5, 5.41) is 4.62. The topological polar surface area (TPSA) is 66.5 Å². The molecule has 0 aromatic heterocycles. The van der Waals surface area contributed by atoms with Crippen molar-refractivity contribution in [1.29, 1.82) is 0 Å². The van der Waals surface area contributed by atoms with E-state index in [0.29, 0.717) is 5.69 Å². The molecule has 5 nitrogen and oxygen atoms in total. The van der Waals surface area contributed by atoms with Crippen molar-refractivity contribution in [2.24, 2.45) is 0 Å². The van der Waals surface area contributed by atoms with Gasteiger partial charge in [0.2, 0.25) is 15.9 Å². The van der Waals surface area contributed by atoms with E-state index in [2.05, 4.69) is 5.32 Å². The minimum absolute atomic E-state index is 0.226. The normalized spacial score (nSPS) is 12.6. The van der Waals surface area contributed by atoms with Gasteiger partial charge in [-0.3, -0.25) is 9.10 Å². The second-order valence-corrected chi connectivity index (χ2v) is 9.31. The van der Waals surface area contributed by atoms with E-state index >= 15 is 0 Å². The van der Waals surface area contributed by atoms with Gasteiger partial charge in [0.05, 0.1) is 18.0 Å². The predicted molar refractivity (Wildman–Crippen MR) is 119 cm³/mol. The number of fused-ring (bicyclic) bond motifs is 1. The van der Waals surface area contributed by atoms with Crippen LogP contribution in [0, 0.1) is 13.8 Å². The molecular weight excluding hydrogens is 384 g/mol. The van der Waals surface area contributed by atoms with E-state index in [1.807, 2.05) is 69.3 Å². The summed E-state index contributed by atoms with van der Waals surface area (Å²) in [5.74, 6) is -0.353. The summed E-state index contributed by atoms with van der Waals surface area (Å²) in [6.07, 6.45) is 1.12. The van der Waals surface area contributed by atoms with Gasteiger partial charge >= 0.3 is 0 Å². The molecule has 0 bridgehead atoms. The zero-order valence-electron chi connectivity index (χ0n) is 17.1. The summed E-state index contributed by atoms with van der Waals surface area (Å²) >= 11 is 0. The van der Waals surface area contributed by atoms with Crippen LogP contribution >= 0.6 is 0 Å². The van der Waals surface area contributed by atoms with E-state index in [0.717, 1.165) is 32.5 Å². The lowest BCUT2D eigenvalue weighted by Crippen LogP contribution is -2.41. The third-order valence-electron chi connectivity index (χ3n) is 5.13. The Morgan fingerprint density at radius 1 is 1.00 bits per heavy atom. The summed E-state index contributed by atoms with van der Waals surface area (Å²) in [6.45, 7) is 5.68. The van der Waals surface area contributed by atoms with Crippen LogP contribution in [-0.4, -0.2) is 27.1 Å². The number of sulfonamides is 1. The van der Waals surface area contributed by atoms with Crippen LogP contribution in [0.25, 0.3) is 10.8 Å². The van der Waals surface area contributed by atoms with Crippen LogP contribution in [0.4, 0.5) is 5.69 Å². The summed E-state index contributed by atoms with van der Waals surface area (Å²) in [4.78, 5) is 12.7. The van der Waals surface area contributed by atoms with Crippen molar-refractivity contribution in [1.82, 2.24) is 5.32 Å². The molecule has 3 aromatic rings. The van der Waals surface area contributed by atoms with Crippen LogP contribution in [0.5, 0.6) is 0 Å². The number of aryl methyl sites for hydroxylation is 2. The van der Waals surface area contributed by atoms with Crippen LogP contribution in [0.2, 0.25) is 0 Å². The Morgan fingerprint density at radius 2 is 1.69 bits per heavy atom. The fourth-order valence-corrected chi connectivity index (χ4v) is 4.21. The monoisotopic (exact) mass is 410 g/mol. The quantitative estimate of drug-likeness (QED) is 0.665. The van der Waals surface area contributed by atoms with E-state index in [-0.39, 0.29) is 18.5 Å². The van der Waals surface area contributed by atoms with Gasteiger partial charge in [0.1, 0.15) is 6.54 Å². The number of amides is 1. The van der Waals surface area contributed by atoms with Crippen molar-refractivity contribution >= 4 is 32.4 Å². The number of rotatable bonds is 6. The molecule has 152 valence electrons. The molecular formula is C23H26N2O3S. The molecule has 0 heterocycles. The Morgan fingerprint density at radius 3 is 2.38 bits per heavy atom. The first-order valence-electron chi connectivity index (χ1n) is 9.49. The fraction of sp³-hybridized carbons (Fsp3) is 0.261. The molecule has 0 saturated carbocycles. The highest BCUT2D eigenvalue weighted by atomic mass is 32.2. The Bertz CT molecular complexity index is 1150. The van der Waals surface area contributed by atoms with Crippen molar-refractivity contribution in [3.63, 3.8) is 0 Å². The number of carbonyl (C=O) groups excluding carboxylic acids is 1. The Kier molecular flexibility index (Phi) is 5.94. The molecule has 0 unspecified atom stereocenters. The second kappa shape index (κ2) is 8.25. The number of carbonyl (C=O) groups is 1. The smallest absolute Gasteiger partial charge is 0.241 e. The lowest BCUT2D eigenvalue weighted by molar-refractivity contribution is -0.120. The molecule has 3 rings (SSSR count). The molecule has 0 aliphatic rings. The van der Waals surface area contributed by atoms with Gasteiger partial charge in [0.25, 0.3) is 0 Å². The van der Waals surface area contributed by atoms with E-state index < -0.39 is 10.0 Å². The maximum absolute atomic E-state index is 12.7. The van der Waals surface area contributed by atoms with Gasteiger partial charge in [-0.15, -0.1) is 0 Å². The SMILES string of the molecule is Cc1ccc([C@@H](C)NC(=O)CN(c2cccc3ccccc23)S(C)(=O)=O)cc1C. The van der Waals surface area contributed by atoms with E-state index in [1.165, 1.54) is 5.56 Å². The second-order valence-electron chi connectivity index (χ2n) is 7.40. The Labute approximate surface area is 172 Å². The third-order valence-corrected chi connectivity index (χ3v) is 6.26. The molecule has 0 spiro atoms. The zero-order valence-corrected chi connectivity index (χ0v) is 18.0. The van der Waals surface area contributed by atoms with Crippen molar-refractivity contribution in [3.05, 3.63) is 77.4 Å². The standard InChI is InChI=1S/C23H26N2O3S/c1-16-12-13-20(14-17(16)2)18(3)24-23(26)15-25(29(4,27)28)22-11-7-9-19-8-5-6-10-21(19)22/h5-14,18H,15H2,1-4H3,(H,24,26)/t18-/m1/s1. The summed E-state index contributed by atoms with van der Waals surface area (Å²) in [5.41, 5.74) is 3.82. The van der Waals surface area contributed by atoms with Crippen LogP contribution in [0.3, 0.4) is 0 Å². The average molecular weight is 411 g/mol. The van der Waals surface area contributed by atoms with Crippen LogP contribution in [0.15, 0.2) is 60.7 Å². The number of benzene rings is 3. The first-order valence-corrected chi connectivity index (χ1v) is 11.3. The first kappa shape index (κ1) is 20.9. The van der Waals surface area contributed by atoms with Gasteiger partial charge in [-0.05, 0) is 48.9 Å². The van der Waals surface area contributed by atoms with Crippen LogP contribution in [0.1, 0.15) is 29.7 Å². The molecule has 6 heteroatoms. The molecule has 0 aliphatic heterocycles. The first-order chi connectivity index (χ1) is 13.7. The Balaban J connectivity index is 1.85. The number of hydrogen-bond donors (Lipinski definition) is 1. The number of nitrogens with one attached hydrogen (secondary N) is 1. The molecule has 0 fully saturated rings. The predicted octanol–water partition coefficient (Wildman–Crippen LogP) is 4.10. The van der Waals surface area contributed by atoms with Gasteiger partial charge in [-0.2, -0.15) is 0 Å². The van der Waals surface area contributed by atoms with Crippen molar-refractivity contribution in [2.75, 3.05) is 17.1 Å². The van der Waals surface area contributed by atoms with E-state index in [9.17, 15) is 13.2 Å². The van der Waals surface area contributed by atoms with Gasteiger partial charge in [-0.25, -0.2) is 8.42 Å². The summed E-state index contributed by atoms with van der Waals surface area (Å²) < 4.78 is 26.2. The highest BCUT2D eigenvalue weighted by Gasteiger charge is 2.23. The van der Waals surface area contributed by atoms with Gasteiger partial charge in [0.15, 0.2) is 0 Å². The molecule has 0 saturated heterocycles. The maximum Gasteiger partial charge on any atom is 0.241 e. The lowest BCUT2D eigenvalue weighted by Gasteiger charge is -2.24. The summed E-state index contributed by atoms with van der Waals surface area (Å²) in [7, 11) is -3.64. The van der Waals surface area contributed by atoms with Crippen LogP contribution < -0.4 is 9.62 Å². The highest BCUT2D eigenvalue weighted by Crippen LogP contribution is 2.28. The fourth-order valence-electron chi connectivity index (χ4n) is 3.34. The Hall–Kier alpha value is -2.86. The van der Waals surface area contributed by atoms with Gasteiger partial charge in [-0.1, -0.05) is 54.6 Å². The van der Waals surface area contributed by atoms with Crippen molar-refractivity contribution in [3.8, 4) is 0 Å². The largest absolute Gasteiger partial charge is 0.348 e. The molecule has 1 amide bonds. The van der Waals surface area contributed by atoms with Crippen molar-refractivity contribution in [2.45, 2.75) is 26.8 Å². The molecule has 0 radical (unpaired) electrons. The number of hydrogen-bond acceptors (Lipinski definition) is 3. The molecule has 1 N–H and O–H groups in total. The van der Waals surface area contributed by atoms with Gasteiger partial charge in [0, 0.05) is 5.39 Å². The number of nitrogens with zero attached hydrogens (tertiary/aromatic N) is 1. The lowest BCUT2D eigenvalue weighted by atomic mass is 10.0. The zero-order chi connectivity index (χ0) is 21.2. The van der Waals surface area contributed by atoms with Crippen molar-refractivity contribution < 1.29 is 13.2 Å².